The maximum absolute atomic E-state index is 12.1. The van der Waals surface area contributed by atoms with Crippen LogP contribution < -0.4 is 5.43 Å². The Morgan fingerprint density at radius 1 is 1.13 bits per heavy atom. The van der Waals surface area contributed by atoms with E-state index in [1.807, 2.05) is 31.3 Å². The van der Waals surface area contributed by atoms with Crippen molar-refractivity contribution in [2.45, 2.75) is 44.9 Å². The molecule has 1 amide bonds. The van der Waals surface area contributed by atoms with Crippen LogP contribution >= 0.6 is 0 Å². The molecule has 3 aromatic rings. The van der Waals surface area contributed by atoms with Crippen LogP contribution in [0.3, 0.4) is 0 Å². The number of nitrogens with zero attached hydrogens (tertiary/aromatic N) is 4. The highest BCUT2D eigenvalue weighted by Crippen LogP contribution is 2.44. The lowest BCUT2D eigenvalue weighted by Crippen LogP contribution is -2.44. The smallest absolute Gasteiger partial charge is 0.241 e. The van der Waals surface area contributed by atoms with Crippen LogP contribution in [0.4, 0.5) is 0 Å². The third kappa shape index (κ3) is 3.50. The molecular formula is C25H25N5O. The van der Waals surface area contributed by atoms with Gasteiger partial charge in [-0.05, 0) is 42.7 Å². The Morgan fingerprint density at radius 2 is 1.90 bits per heavy atom. The van der Waals surface area contributed by atoms with Crippen molar-refractivity contribution in [3.63, 3.8) is 0 Å². The third-order valence-corrected chi connectivity index (χ3v) is 6.80. The molecule has 1 aromatic heterocycles. The summed E-state index contributed by atoms with van der Waals surface area (Å²) in [6.45, 7) is 0. The van der Waals surface area contributed by atoms with Gasteiger partial charge in [-0.1, -0.05) is 37.5 Å². The van der Waals surface area contributed by atoms with Crippen molar-refractivity contribution >= 4 is 22.7 Å². The molecule has 0 unspecified atom stereocenters. The van der Waals surface area contributed by atoms with Gasteiger partial charge in [0.05, 0.1) is 28.4 Å². The molecule has 31 heavy (non-hydrogen) atoms. The summed E-state index contributed by atoms with van der Waals surface area (Å²) in [6.07, 6.45) is 6.78. The number of nitriles is 1. The fraction of sp³-hybridized carbons (Fsp3) is 0.360. The minimum atomic E-state index is -0.144. The monoisotopic (exact) mass is 411 g/mol. The van der Waals surface area contributed by atoms with Crippen LogP contribution in [-0.2, 0) is 18.3 Å². The first kappa shape index (κ1) is 19.5. The molecule has 2 heterocycles. The molecule has 1 saturated carbocycles. The van der Waals surface area contributed by atoms with Gasteiger partial charge >= 0.3 is 0 Å². The topological polar surface area (TPSA) is 83.1 Å². The van der Waals surface area contributed by atoms with Gasteiger partial charge in [-0.25, -0.2) is 10.4 Å². The number of hydrazone groups is 1. The minimum Gasteiger partial charge on any atom is -0.331 e. The van der Waals surface area contributed by atoms with Crippen molar-refractivity contribution in [1.29, 1.82) is 5.26 Å². The van der Waals surface area contributed by atoms with Crippen molar-refractivity contribution in [1.82, 2.24) is 15.0 Å². The minimum absolute atomic E-state index is 0.0225. The molecule has 1 aliphatic heterocycles. The van der Waals surface area contributed by atoms with Gasteiger partial charge in [0, 0.05) is 30.9 Å². The van der Waals surface area contributed by atoms with Crippen LogP contribution in [0.15, 0.2) is 47.6 Å². The normalized spacial score (nSPS) is 17.9. The van der Waals surface area contributed by atoms with Gasteiger partial charge < -0.3 is 4.57 Å². The number of aromatic nitrogens is 2. The van der Waals surface area contributed by atoms with Crippen LogP contribution in [0.25, 0.3) is 11.0 Å². The maximum atomic E-state index is 12.1. The van der Waals surface area contributed by atoms with Gasteiger partial charge in [-0.2, -0.15) is 10.4 Å². The molecule has 1 N–H and O–H groups in total. The fourth-order valence-electron chi connectivity index (χ4n) is 5.12. The summed E-state index contributed by atoms with van der Waals surface area (Å²) >= 11 is 0. The van der Waals surface area contributed by atoms with Crippen LogP contribution in [0.5, 0.6) is 0 Å². The molecule has 0 saturated heterocycles. The number of imidazole rings is 1. The van der Waals surface area contributed by atoms with E-state index in [1.54, 1.807) is 0 Å². The van der Waals surface area contributed by atoms with Crippen molar-refractivity contribution in [2.75, 3.05) is 0 Å². The lowest BCUT2D eigenvalue weighted by atomic mass is 9.66. The average Bonchev–Trinajstić information content (AvgIpc) is 3.09. The summed E-state index contributed by atoms with van der Waals surface area (Å²) in [5.41, 5.74) is 8.42. The van der Waals surface area contributed by atoms with Crippen molar-refractivity contribution in [3.05, 3.63) is 65.0 Å². The molecule has 1 spiro atoms. The lowest BCUT2D eigenvalue weighted by Gasteiger charge is -2.40. The molecule has 1 fully saturated rings. The summed E-state index contributed by atoms with van der Waals surface area (Å²) in [5.74, 6) is 0.998. The standard InChI is InChI=1S/C25H25N5O/c1-30-21-10-9-19(24-25(11-3-2-4-12-25)15-23(31)28-29-24)14-20(21)27-22(30)13-17-5-7-18(16-26)8-6-17/h5-10,14H,2-4,11-13,15H2,1H3,(H,28,31). The van der Waals surface area contributed by atoms with E-state index in [4.69, 9.17) is 10.2 Å². The van der Waals surface area contributed by atoms with Crippen LogP contribution in [0.2, 0.25) is 0 Å². The van der Waals surface area contributed by atoms with Gasteiger partial charge in [0.1, 0.15) is 5.82 Å². The molecule has 6 nitrogen and oxygen atoms in total. The number of nitrogens with one attached hydrogen (secondary N) is 1. The zero-order valence-corrected chi connectivity index (χ0v) is 17.7. The number of benzene rings is 2. The van der Waals surface area contributed by atoms with E-state index < -0.39 is 0 Å². The Balaban J connectivity index is 1.50. The Bertz CT molecular complexity index is 1220. The highest BCUT2D eigenvalue weighted by atomic mass is 16.2. The summed E-state index contributed by atoms with van der Waals surface area (Å²) in [7, 11) is 2.04. The van der Waals surface area contributed by atoms with Crippen molar-refractivity contribution in [2.24, 2.45) is 17.6 Å². The number of carbonyl (C=O) groups excluding carboxylic acids is 1. The number of hydrogen-bond donors (Lipinski definition) is 1. The first-order chi connectivity index (χ1) is 15.1. The summed E-state index contributed by atoms with van der Waals surface area (Å²) in [5, 5.41) is 13.5. The number of hydrogen-bond acceptors (Lipinski definition) is 4. The molecule has 2 aliphatic rings. The van der Waals surface area contributed by atoms with Gasteiger partial charge in [-0.3, -0.25) is 4.79 Å². The number of aryl methyl sites for hydroxylation is 1. The second-order valence-electron chi connectivity index (χ2n) is 8.79. The number of amides is 1. The highest BCUT2D eigenvalue weighted by Gasteiger charge is 2.42. The Morgan fingerprint density at radius 3 is 2.65 bits per heavy atom. The summed E-state index contributed by atoms with van der Waals surface area (Å²) < 4.78 is 2.12. The number of fused-ring (bicyclic) bond motifs is 1. The van der Waals surface area contributed by atoms with Crippen LogP contribution in [0, 0.1) is 16.7 Å². The van der Waals surface area contributed by atoms with E-state index in [1.165, 1.54) is 6.42 Å². The van der Waals surface area contributed by atoms with Crippen molar-refractivity contribution in [3.8, 4) is 6.07 Å². The van der Waals surface area contributed by atoms with Gasteiger partial charge in [-0.15, -0.1) is 0 Å². The molecule has 1 aliphatic carbocycles. The van der Waals surface area contributed by atoms with Crippen LogP contribution in [0.1, 0.15) is 61.0 Å². The van der Waals surface area contributed by atoms with E-state index in [0.717, 1.165) is 59.4 Å². The van der Waals surface area contributed by atoms with E-state index in [-0.39, 0.29) is 11.3 Å². The molecule has 0 radical (unpaired) electrons. The SMILES string of the molecule is Cn1c(Cc2ccc(C#N)cc2)nc2cc(C3=NNC(=O)CC34CCCCC4)ccc21. The van der Waals surface area contributed by atoms with Crippen molar-refractivity contribution < 1.29 is 4.79 Å². The molecule has 6 heteroatoms. The van der Waals surface area contributed by atoms with E-state index in [0.29, 0.717) is 18.4 Å². The molecule has 156 valence electrons. The predicted molar refractivity (Wildman–Crippen MR) is 119 cm³/mol. The molecular weight excluding hydrogens is 386 g/mol. The Hall–Kier alpha value is -3.46. The van der Waals surface area contributed by atoms with Gasteiger partial charge in [0.15, 0.2) is 0 Å². The summed E-state index contributed by atoms with van der Waals surface area (Å²) in [4.78, 5) is 17.0. The number of rotatable bonds is 3. The first-order valence-corrected chi connectivity index (χ1v) is 10.9. The second-order valence-corrected chi connectivity index (χ2v) is 8.79. The zero-order valence-electron chi connectivity index (χ0n) is 17.7. The average molecular weight is 412 g/mol. The molecule has 5 rings (SSSR count). The van der Waals surface area contributed by atoms with Crippen LogP contribution in [-0.4, -0.2) is 21.2 Å². The van der Waals surface area contributed by atoms with E-state index >= 15 is 0 Å². The van der Waals surface area contributed by atoms with E-state index in [2.05, 4.69) is 39.4 Å². The first-order valence-electron chi connectivity index (χ1n) is 10.9. The number of carbonyl (C=O) groups is 1. The van der Waals surface area contributed by atoms with Gasteiger partial charge in [0.25, 0.3) is 0 Å². The predicted octanol–water partition coefficient (Wildman–Crippen LogP) is 4.21. The zero-order chi connectivity index (χ0) is 21.4. The third-order valence-electron chi connectivity index (χ3n) is 6.80. The molecule has 0 atom stereocenters. The second kappa shape index (κ2) is 7.66. The Labute approximate surface area is 181 Å². The highest BCUT2D eigenvalue weighted by molar-refractivity contribution is 6.09. The quantitative estimate of drug-likeness (QED) is 0.701. The fourth-order valence-corrected chi connectivity index (χ4v) is 5.12. The van der Waals surface area contributed by atoms with Gasteiger partial charge in [0.2, 0.25) is 5.91 Å². The summed E-state index contributed by atoms with van der Waals surface area (Å²) in [6, 6.07) is 16.1. The molecule has 0 bridgehead atoms. The maximum Gasteiger partial charge on any atom is 0.241 e. The largest absolute Gasteiger partial charge is 0.331 e. The molecule has 2 aromatic carbocycles. The lowest BCUT2D eigenvalue weighted by molar-refractivity contribution is -0.123. The van der Waals surface area contributed by atoms with E-state index in [9.17, 15) is 4.79 Å². The Kier molecular flexibility index (Phi) is 4.82.